The first-order valence-electron chi connectivity index (χ1n) is 8.11. The molecule has 0 saturated heterocycles. The first kappa shape index (κ1) is 17.3. The Hall–Kier alpha value is -2.08. The average Bonchev–Trinajstić information content (AvgIpc) is 2.79. The second-order valence-corrected chi connectivity index (χ2v) is 5.72. The van der Waals surface area contributed by atoms with Gasteiger partial charge in [0.05, 0.1) is 17.1 Å². The predicted molar refractivity (Wildman–Crippen MR) is 90.6 cm³/mol. The highest BCUT2D eigenvalue weighted by atomic mass is 16.5. The van der Waals surface area contributed by atoms with Gasteiger partial charge in [0.15, 0.2) is 0 Å². The maximum Gasteiger partial charge on any atom is 0.329 e. The van der Waals surface area contributed by atoms with Crippen LogP contribution in [0.25, 0.3) is 11.0 Å². The van der Waals surface area contributed by atoms with Gasteiger partial charge in [0.2, 0.25) is 5.91 Å². The topological polar surface area (TPSA) is 65.3 Å². The monoisotopic (exact) mass is 319 g/mol. The molecule has 6 heteroatoms. The Morgan fingerprint density at radius 1 is 1.22 bits per heavy atom. The summed E-state index contributed by atoms with van der Waals surface area (Å²) in [6.07, 6.45) is 0.958. The van der Waals surface area contributed by atoms with E-state index in [1.54, 1.807) is 4.57 Å². The molecular formula is C17H25N3O3. The smallest absolute Gasteiger partial charge is 0.329 e. The molecule has 0 aliphatic heterocycles. The van der Waals surface area contributed by atoms with Crippen LogP contribution in [0.5, 0.6) is 0 Å². The molecule has 6 nitrogen and oxygen atoms in total. The number of carbonyl (C=O) groups excluding carboxylic acids is 1. The molecule has 2 rings (SSSR count). The van der Waals surface area contributed by atoms with Gasteiger partial charge in [0, 0.05) is 19.7 Å². The highest BCUT2D eigenvalue weighted by molar-refractivity contribution is 5.80. The van der Waals surface area contributed by atoms with Crippen LogP contribution >= 0.6 is 0 Å². The van der Waals surface area contributed by atoms with Gasteiger partial charge in [-0.05, 0) is 39.3 Å². The van der Waals surface area contributed by atoms with Gasteiger partial charge in [-0.25, -0.2) is 4.79 Å². The largest absolute Gasteiger partial charge is 0.379 e. The molecule has 0 radical (unpaired) electrons. The van der Waals surface area contributed by atoms with E-state index in [2.05, 4.69) is 5.32 Å². The van der Waals surface area contributed by atoms with E-state index in [0.717, 1.165) is 17.5 Å². The molecule has 1 amide bonds. The zero-order valence-corrected chi connectivity index (χ0v) is 14.0. The summed E-state index contributed by atoms with van der Waals surface area (Å²) in [5, 5.41) is 2.84. The number of benzene rings is 1. The lowest BCUT2D eigenvalue weighted by molar-refractivity contribution is -0.121. The van der Waals surface area contributed by atoms with Crippen LogP contribution in [0.2, 0.25) is 0 Å². The number of ether oxygens (including phenoxy) is 1. The Bertz CT molecular complexity index is 715. The number of hydrogen-bond donors (Lipinski definition) is 1. The lowest BCUT2D eigenvalue weighted by Gasteiger charge is -2.08. The molecule has 126 valence electrons. The Balaban J connectivity index is 2.00. The number of para-hydroxylation sites is 2. The molecule has 0 aliphatic rings. The van der Waals surface area contributed by atoms with Gasteiger partial charge in [-0.3, -0.25) is 13.9 Å². The highest BCUT2D eigenvalue weighted by Crippen LogP contribution is 2.12. The highest BCUT2D eigenvalue weighted by Gasteiger charge is 2.13. The third-order valence-electron chi connectivity index (χ3n) is 3.64. The van der Waals surface area contributed by atoms with Crippen molar-refractivity contribution in [2.24, 2.45) is 0 Å². The van der Waals surface area contributed by atoms with Crippen LogP contribution in [0.15, 0.2) is 29.1 Å². The van der Waals surface area contributed by atoms with Crippen molar-refractivity contribution < 1.29 is 9.53 Å². The van der Waals surface area contributed by atoms with Gasteiger partial charge in [-0.15, -0.1) is 0 Å². The molecule has 0 bridgehead atoms. The Labute approximate surface area is 136 Å². The fourth-order valence-corrected chi connectivity index (χ4v) is 2.55. The molecule has 0 atom stereocenters. The Morgan fingerprint density at radius 3 is 2.48 bits per heavy atom. The third-order valence-corrected chi connectivity index (χ3v) is 3.64. The van der Waals surface area contributed by atoms with Crippen molar-refractivity contribution in [2.75, 3.05) is 13.2 Å². The van der Waals surface area contributed by atoms with E-state index in [9.17, 15) is 9.59 Å². The van der Waals surface area contributed by atoms with Crippen molar-refractivity contribution in [3.05, 3.63) is 34.7 Å². The predicted octanol–water partition coefficient (Wildman–Crippen LogP) is 1.75. The van der Waals surface area contributed by atoms with Crippen molar-refractivity contribution in [1.82, 2.24) is 14.5 Å². The molecule has 23 heavy (non-hydrogen) atoms. The van der Waals surface area contributed by atoms with E-state index in [1.807, 2.05) is 45.0 Å². The lowest BCUT2D eigenvalue weighted by atomic mass is 10.3. The summed E-state index contributed by atoms with van der Waals surface area (Å²) < 4.78 is 8.63. The maximum absolute atomic E-state index is 12.4. The Kier molecular flexibility index (Phi) is 5.98. The van der Waals surface area contributed by atoms with E-state index in [4.69, 9.17) is 4.74 Å². The fourth-order valence-electron chi connectivity index (χ4n) is 2.55. The first-order chi connectivity index (χ1) is 11.0. The van der Waals surface area contributed by atoms with Crippen LogP contribution < -0.4 is 11.0 Å². The maximum atomic E-state index is 12.4. The van der Waals surface area contributed by atoms with Gasteiger partial charge in [-0.2, -0.15) is 0 Å². The van der Waals surface area contributed by atoms with Crippen molar-refractivity contribution in [3.8, 4) is 0 Å². The zero-order valence-electron chi connectivity index (χ0n) is 14.0. The SMILES string of the molecule is CCn1c(=O)n(CC(=O)NCCCOC(C)C)c2ccccc21. The molecule has 0 fully saturated rings. The minimum absolute atomic E-state index is 0.0391. The molecule has 0 unspecified atom stereocenters. The van der Waals surface area contributed by atoms with Crippen LogP contribution in [0.1, 0.15) is 27.2 Å². The number of carbonyl (C=O) groups is 1. The molecule has 0 aliphatic carbocycles. The number of nitrogens with one attached hydrogen (secondary N) is 1. The van der Waals surface area contributed by atoms with E-state index >= 15 is 0 Å². The van der Waals surface area contributed by atoms with E-state index in [0.29, 0.717) is 19.7 Å². The molecule has 0 saturated carbocycles. The molecular weight excluding hydrogens is 294 g/mol. The van der Waals surface area contributed by atoms with E-state index in [1.165, 1.54) is 4.57 Å². The molecule has 1 N–H and O–H groups in total. The third kappa shape index (κ3) is 4.22. The minimum Gasteiger partial charge on any atom is -0.379 e. The normalized spacial score (nSPS) is 11.3. The van der Waals surface area contributed by atoms with Gasteiger partial charge in [0.1, 0.15) is 6.54 Å². The number of imidazole rings is 1. The van der Waals surface area contributed by atoms with Gasteiger partial charge >= 0.3 is 5.69 Å². The van der Waals surface area contributed by atoms with Gasteiger partial charge in [-0.1, -0.05) is 12.1 Å². The summed E-state index contributed by atoms with van der Waals surface area (Å²) in [4.78, 5) is 24.5. The Morgan fingerprint density at radius 2 is 1.87 bits per heavy atom. The number of nitrogens with zero attached hydrogens (tertiary/aromatic N) is 2. The van der Waals surface area contributed by atoms with Crippen molar-refractivity contribution >= 4 is 16.9 Å². The van der Waals surface area contributed by atoms with Crippen LogP contribution in [0.3, 0.4) is 0 Å². The summed E-state index contributed by atoms with van der Waals surface area (Å²) in [6, 6.07) is 7.54. The summed E-state index contributed by atoms with van der Waals surface area (Å²) in [5.74, 6) is -0.157. The molecule has 1 aromatic carbocycles. The van der Waals surface area contributed by atoms with Crippen molar-refractivity contribution in [3.63, 3.8) is 0 Å². The standard InChI is InChI=1S/C17H25N3O3/c1-4-19-14-8-5-6-9-15(14)20(17(19)22)12-16(21)18-10-7-11-23-13(2)3/h5-6,8-9,13H,4,7,10-12H2,1-3H3,(H,18,21). The van der Waals surface area contributed by atoms with Crippen molar-refractivity contribution in [2.45, 2.75) is 46.4 Å². The second kappa shape index (κ2) is 7.97. The molecule has 2 aromatic rings. The van der Waals surface area contributed by atoms with E-state index < -0.39 is 0 Å². The number of amides is 1. The number of aryl methyl sites for hydroxylation is 1. The average molecular weight is 319 g/mol. The summed E-state index contributed by atoms with van der Waals surface area (Å²) in [7, 11) is 0. The number of rotatable bonds is 8. The zero-order chi connectivity index (χ0) is 16.8. The molecule has 0 spiro atoms. The lowest BCUT2D eigenvalue weighted by Crippen LogP contribution is -2.33. The number of aromatic nitrogens is 2. The summed E-state index contributed by atoms with van der Waals surface area (Å²) in [5.41, 5.74) is 1.50. The summed E-state index contributed by atoms with van der Waals surface area (Å²) >= 11 is 0. The van der Waals surface area contributed by atoms with Crippen LogP contribution in [0.4, 0.5) is 0 Å². The molecule has 1 heterocycles. The minimum atomic E-state index is -0.157. The summed E-state index contributed by atoms with van der Waals surface area (Å²) in [6.45, 7) is 7.67. The van der Waals surface area contributed by atoms with Crippen LogP contribution in [-0.4, -0.2) is 34.3 Å². The number of hydrogen-bond acceptors (Lipinski definition) is 3. The first-order valence-corrected chi connectivity index (χ1v) is 8.11. The number of fused-ring (bicyclic) bond motifs is 1. The molecule has 1 aromatic heterocycles. The second-order valence-electron chi connectivity index (χ2n) is 5.72. The van der Waals surface area contributed by atoms with Crippen molar-refractivity contribution in [1.29, 1.82) is 0 Å². The van der Waals surface area contributed by atoms with Crippen LogP contribution in [-0.2, 0) is 22.6 Å². The fraction of sp³-hybridized carbons (Fsp3) is 0.529. The van der Waals surface area contributed by atoms with E-state index in [-0.39, 0.29) is 24.2 Å². The van der Waals surface area contributed by atoms with Gasteiger partial charge in [0.25, 0.3) is 0 Å². The van der Waals surface area contributed by atoms with Gasteiger partial charge < -0.3 is 10.1 Å². The quantitative estimate of drug-likeness (QED) is 0.754. The van der Waals surface area contributed by atoms with Crippen LogP contribution in [0, 0.1) is 0 Å².